The topological polar surface area (TPSA) is 98.8 Å². The number of piperazine rings is 1. The molecule has 0 spiro atoms. The molecule has 3 N–H and O–H groups in total. The van der Waals surface area contributed by atoms with Crippen molar-refractivity contribution in [2.45, 2.75) is 19.9 Å². The summed E-state index contributed by atoms with van der Waals surface area (Å²) in [5.41, 5.74) is 1.56. The summed E-state index contributed by atoms with van der Waals surface area (Å²) in [4.78, 5) is 23.8. The van der Waals surface area contributed by atoms with Gasteiger partial charge in [0.25, 0.3) is 5.91 Å². The number of hydrogen-bond acceptors (Lipinski definition) is 6. The molecule has 0 saturated carbocycles. The van der Waals surface area contributed by atoms with E-state index in [2.05, 4.69) is 30.8 Å². The molecule has 148 valence electrons. The first kappa shape index (κ1) is 20.3. The first-order chi connectivity index (χ1) is 13.0. The van der Waals surface area contributed by atoms with E-state index in [0.29, 0.717) is 28.7 Å². The number of carbonyl (C=O) groups excluding carboxylic acids is 1. The monoisotopic (exact) mass is 421 g/mol. The summed E-state index contributed by atoms with van der Waals surface area (Å²) in [6.07, 6.45) is 0. The van der Waals surface area contributed by atoms with Crippen LogP contribution in [0.4, 0.5) is 11.6 Å². The Labute approximate surface area is 173 Å². The molecule has 28 heavy (non-hydrogen) atoms. The molecule has 4 rings (SSSR count). The van der Waals surface area contributed by atoms with Crippen molar-refractivity contribution in [2.24, 2.45) is 0 Å². The molecule has 1 aliphatic rings. The zero-order valence-electron chi connectivity index (χ0n) is 15.5. The van der Waals surface area contributed by atoms with Crippen molar-refractivity contribution in [3.8, 4) is 0 Å². The number of rotatable bonds is 3. The molecule has 10 heteroatoms. The molecule has 3 aromatic rings. The SMILES string of the molecule is Cc1cc(Nc2nc(C(=O)N3CCNC[C@@H]3C)nc3ccc(Cl)cc23)n[nH]1.Cl. The van der Waals surface area contributed by atoms with Crippen molar-refractivity contribution in [3.63, 3.8) is 0 Å². The Hall–Kier alpha value is -2.42. The highest BCUT2D eigenvalue weighted by Crippen LogP contribution is 2.27. The zero-order chi connectivity index (χ0) is 19.0. The number of halogens is 2. The summed E-state index contributed by atoms with van der Waals surface area (Å²) >= 11 is 6.15. The van der Waals surface area contributed by atoms with Crippen molar-refractivity contribution in [3.05, 3.63) is 40.8 Å². The van der Waals surface area contributed by atoms with Crippen LogP contribution in [0.1, 0.15) is 23.2 Å². The number of aryl methyl sites for hydroxylation is 1. The van der Waals surface area contributed by atoms with E-state index in [1.165, 1.54) is 0 Å². The summed E-state index contributed by atoms with van der Waals surface area (Å²) in [7, 11) is 0. The minimum Gasteiger partial charge on any atom is -0.331 e. The minimum atomic E-state index is -0.179. The van der Waals surface area contributed by atoms with Crippen molar-refractivity contribution in [2.75, 3.05) is 25.0 Å². The Bertz CT molecular complexity index is 1010. The van der Waals surface area contributed by atoms with Crippen LogP contribution in [0.25, 0.3) is 10.9 Å². The number of aromatic nitrogens is 4. The highest BCUT2D eigenvalue weighted by Gasteiger charge is 2.27. The van der Waals surface area contributed by atoms with E-state index in [9.17, 15) is 4.79 Å². The molecule has 3 heterocycles. The number of fused-ring (bicyclic) bond motifs is 1. The Morgan fingerprint density at radius 1 is 1.32 bits per heavy atom. The van der Waals surface area contributed by atoms with E-state index < -0.39 is 0 Å². The van der Waals surface area contributed by atoms with Gasteiger partial charge in [0.2, 0.25) is 5.82 Å². The Kier molecular flexibility index (Phi) is 6.02. The number of H-pyrrole nitrogens is 1. The fourth-order valence-corrected chi connectivity index (χ4v) is 3.34. The molecule has 1 aromatic carbocycles. The van der Waals surface area contributed by atoms with Crippen LogP contribution in [-0.2, 0) is 0 Å². The third-order valence-corrected chi connectivity index (χ3v) is 4.80. The van der Waals surface area contributed by atoms with E-state index in [1.54, 1.807) is 23.1 Å². The van der Waals surface area contributed by atoms with Gasteiger partial charge in [-0.15, -0.1) is 12.4 Å². The second kappa shape index (κ2) is 8.30. The molecule has 1 saturated heterocycles. The van der Waals surface area contributed by atoms with E-state index in [0.717, 1.165) is 24.2 Å². The smallest absolute Gasteiger partial charge is 0.292 e. The van der Waals surface area contributed by atoms with Crippen LogP contribution in [0.15, 0.2) is 24.3 Å². The summed E-state index contributed by atoms with van der Waals surface area (Å²) in [5.74, 6) is 1.09. The number of hydrogen-bond donors (Lipinski definition) is 3. The maximum Gasteiger partial charge on any atom is 0.292 e. The Balaban J connectivity index is 0.00000225. The van der Waals surface area contributed by atoms with Crippen molar-refractivity contribution in [1.29, 1.82) is 0 Å². The predicted molar refractivity (Wildman–Crippen MR) is 112 cm³/mol. The quantitative estimate of drug-likeness (QED) is 0.601. The van der Waals surface area contributed by atoms with Crippen LogP contribution in [0.3, 0.4) is 0 Å². The second-order valence-electron chi connectivity index (χ2n) is 6.67. The van der Waals surface area contributed by atoms with Gasteiger partial charge < -0.3 is 15.5 Å². The van der Waals surface area contributed by atoms with Gasteiger partial charge in [-0.2, -0.15) is 5.10 Å². The summed E-state index contributed by atoms with van der Waals surface area (Å²) < 4.78 is 0. The van der Waals surface area contributed by atoms with Gasteiger partial charge in [-0.1, -0.05) is 11.6 Å². The first-order valence-electron chi connectivity index (χ1n) is 8.79. The normalized spacial score (nSPS) is 16.7. The fraction of sp³-hybridized carbons (Fsp3) is 0.333. The van der Waals surface area contributed by atoms with Gasteiger partial charge >= 0.3 is 0 Å². The van der Waals surface area contributed by atoms with Gasteiger partial charge in [0.1, 0.15) is 5.82 Å². The number of anilines is 2. The largest absolute Gasteiger partial charge is 0.331 e. The Morgan fingerprint density at radius 3 is 2.86 bits per heavy atom. The first-order valence-corrected chi connectivity index (χ1v) is 9.17. The molecule has 8 nitrogen and oxygen atoms in total. The summed E-state index contributed by atoms with van der Waals surface area (Å²) in [6.45, 7) is 6.07. The molecule has 2 aromatic heterocycles. The highest BCUT2D eigenvalue weighted by molar-refractivity contribution is 6.31. The van der Waals surface area contributed by atoms with E-state index >= 15 is 0 Å². The average molecular weight is 422 g/mol. The molecule has 1 aliphatic heterocycles. The van der Waals surface area contributed by atoms with Gasteiger partial charge in [0, 0.05) is 47.8 Å². The summed E-state index contributed by atoms with van der Waals surface area (Å²) in [5, 5.41) is 14.8. The molecule has 0 aliphatic carbocycles. The zero-order valence-corrected chi connectivity index (χ0v) is 17.1. The second-order valence-corrected chi connectivity index (χ2v) is 7.11. The summed E-state index contributed by atoms with van der Waals surface area (Å²) in [6, 6.07) is 7.26. The average Bonchev–Trinajstić information content (AvgIpc) is 3.06. The lowest BCUT2D eigenvalue weighted by Gasteiger charge is -2.33. The van der Waals surface area contributed by atoms with Crippen LogP contribution in [0.5, 0.6) is 0 Å². The van der Waals surface area contributed by atoms with E-state index in [1.807, 2.05) is 19.9 Å². The number of amides is 1. The number of benzene rings is 1. The fourth-order valence-electron chi connectivity index (χ4n) is 3.17. The van der Waals surface area contributed by atoms with Crippen LogP contribution >= 0.6 is 24.0 Å². The van der Waals surface area contributed by atoms with Gasteiger partial charge in [-0.25, -0.2) is 9.97 Å². The lowest BCUT2D eigenvalue weighted by atomic mass is 10.2. The number of nitrogens with one attached hydrogen (secondary N) is 3. The lowest BCUT2D eigenvalue weighted by Crippen LogP contribution is -2.52. The van der Waals surface area contributed by atoms with Crippen molar-refractivity contribution >= 4 is 52.5 Å². The van der Waals surface area contributed by atoms with Crippen LogP contribution in [0.2, 0.25) is 5.02 Å². The Morgan fingerprint density at radius 2 is 2.14 bits per heavy atom. The maximum absolute atomic E-state index is 13.0. The van der Waals surface area contributed by atoms with Gasteiger partial charge in [0.05, 0.1) is 5.52 Å². The van der Waals surface area contributed by atoms with Crippen LogP contribution in [0, 0.1) is 6.92 Å². The number of nitrogens with zero attached hydrogens (tertiary/aromatic N) is 4. The molecule has 1 fully saturated rings. The highest BCUT2D eigenvalue weighted by atomic mass is 35.5. The maximum atomic E-state index is 13.0. The van der Waals surface area contributed by atoms with Crippen molar-refractivity contribution in [1.82, 2.24) is 30.4 Å². The molecular formula is C18H21Cl2N7O. The molecule has 0 bridgehead atoms. The third kappa shape index (κ3) is 4.04. The van der Waals surface area contributed by atoms with Crippen molar-refractivity contribution < 1.29 is 4.79 Å². The number of aromatic amines is 1. The predicted octanol–water partition coefficient (Wildman–Crippen LogP) is 2.91. The van der Waals surface area contributed by atoms with Gasteiger partial charge in [0.15, 0.2) is 5.82 Å². The molecule has 0 unspecified atom stereocenters. The van der Waals surface area contributed by atoms with Crippen LogP contribution < -0.4 is 10.6 Å². The van der Waals surface area contributed by atoms with Gasteiger partial charge in [-0.3, -0.25) is 9.89 Å². The number of carbonyl (C=O) groups is 1. The van der Waals surface area contributed by atoms with Gasteiger partial charge in [-0.05, 0) is 32.0 Å². The molecule has 1 atom stereocenters. The standard InChI is InChI=1S/C18H20ClN7O.ClH/c1-10-7-15(25-24-10)22-16-13-8-12(19)3-4-14(13)21-17(23-16)18(27)26-6-5-20-9-11(26)2;/h3-4,7-8,11,20H,5-6,9H2,1-2H3,(H2,21,22,23,24,25);1H/t11-;/m0./s1. The van der Waals surface area contributed by atoms with E-state index in [4.69, 9.17) is 11.6 Å². The molecular weight excluding hydrogens is 401 g/mol. The molecule has 0 radical (unpaired) electrons. The lowest BCUT2D eigenvalue weighted by molar-refractivity contribution is 0.0643. The van der Waals surface area contributed by atoms with Crippen LogP contribution in [-0.4, -0.2) is 56.6 Å². The third-order valence-electron chi connectivity index (χ3n) is 4.56. The molecule has 1 amide bonds. The minimum absolute atomic E-state index is 0. The van der Waals surface area contributed by atoms with E-state index in [-0.39, 0.29) is 30.2 Å².